The highest BCUT2D eigenvalue weighted by molar-refractivity contribution is 9.10. The molecule has 1 heterocycles. The maximum Gasteiger partial charge on any atom is 0.293 e. The van der Waals surface area contributed by atoms with Crippen LogP contribution in [0, 0.1) is 10.1 Å². The van der Waals surface area contributed by atoms with E-state index in [4.69, 9.17) is 4.74 Å². The number of phenolic OH excluding ortho intramolecular Hbond substituents is 1. The Labute approximate surface area is 149 Å². The SMILES string of the molecule is COCCCN1C(=O)S/C(=C/c2cc([N+](=O)[O-])cc(Br)c2O)C1=O. The van der Waals surface area contributed by atoms with Crippen LogP contribution in [-0.4, -0.2) is 46.3 Å². The number of rotatable bonds is 6. The Bertz CT molecular complexity index is 736. The average Bonchev–Trinajstić information content (AvgIpc) is 2.79. The smallest absolute Gasteiger partial charge is 0.293 e. The number of carbonyl (C=O) groups is 2. The molecule has 1 saturated heterocycles. The molecule has 0 aromatic heterocycles. The van der Waals surface area contributed by atoms with Gasteiger partial charge in [-0.1, -0.05) is 0 Å². The van der Waals surface area contributed by atoms with E-state index in [9.17, 15) is 24.8 Å². The van der Waals surface area contributed by atoms with Crippen molar-refractivity contribution in [1.82, 2.24) is 4.90 Å². The third-order valence-corrected chi connectivity index (χ3v) is 4.69. The van der Waals surface area contributed by atoms with Gasteiger partial charge >= 0.3 is 0 Å². The van der Waals surface area contributed by atoms with Gasteiger partial charge in [0.25, 0.3) is 16.8 Å². The summed E-state index contributed by atoms with van der Waals surface area (Å²) in [6, 6.07) is 2.29. The van der Waals surface area contributed by atoms with Crippen LogP contribution in [0.2, 0.25) is 0 Å². The summed E-state index contributed by atoms with van der Waals surface area (Å²) in [7, 11) is 1.52. The Morgan fingerprint density at radius 3 is 2.79 bits per heavy atom. The molecule has 2 rings (SSSR count). The van der Waals surface area contributed by atoms with Gasteiger partial charge in [0.1, 0.15) is 5.75 Å². The lowest BCUT2D eigenvalue weighted by Gasteiger charge is -2.11. The van der Waals surface area contributed by atoms with E-state index in [1.54, 1.807) is 0 Å². The first-order chi connectivity index (χ1) is 11.3. The minimum absolute atomic E-state index is 0.0819. The summed E-state index contributed by atoms with van der Waals surface area (Å²) in [5.74, 6) is -0.741. The molecule has 8 nitrogen and oxygen atoms in total. The van der Waals surface area contributed by atoms with E-state index in [0.717, 1.165) is 28.8 Å². The van der Waals surface area contributed by atoms with E-state index in [1.165, 1.54) is 13.2 Å². The van der Waals surface area contributed by atoms with Gasteiger partial charge in [0.2, 0.25) is 0 Å². The Balaban J connectivity index is 2.30. The molecule has 1 aromatic carbocycles. The average molecular weight is 417 g/mol. The number of thioether (sulfide) groups is 1. The quantitative estimate of drug-likeness (QED) is 0.328. The summed E-state index contributed by atoms with van der Waals surface area (Å²) < 4.78 is 5.01. The van der Waals surface area contributed by atoms with Crippen LogP contribution in [0.25, 0.3) is 6.08 Å². The molecule has 1 aromatic rings. The van der Waals surface area contributed by atoms with Crippen LogP contribution in [0.5, 0.6) is 5.75 Å². The van der Waals surface area contributed by atoms with E-state index < -0.39 is 16.1 Å². The molecule has 0 unspecified atom stereocenters. The monoisotopic (exact) mass is 416 g/mol. The Hall–Kier alpha value is -1.91. The van der Waals surface area contributed by atoms with Crippen molar-refractivity contribution in [2.24, 2.45) is 0 Å². The number of halogens is 1. The molecule has 1 fully saturated rings. The normalized spacial score (nSPS) is 16.2. The second-order valence-electron chi connectivity index (χ2n) is 4.80. The number of nitro groups is 1. The molecule has 128 valence electrons. The van der Waals surface area contributed by atoms with E-state index in [-0.39, 0.29) is 32.9 Å². The lowest BCUT2D eigenvalue weighted by molar-refractivity contribution is -0.385. The molecule has 0 radical (unpaired) electrons. The summed E-state index contributed by atoms with van der Waals surface area (Å²) in [6.07, 6.45) is 1.78. The fourth-order valence-electron chi connectivity index (χ4n) is 2.02. The number of imide groups is 1. The summed E-state index contributed by atoms with van der Waals surface area (Å²) in [6.45, 7) is 0.639. The summed E-state index contributed by atoms with van der Waals surface area (Å²) in [5, 5.41) is 20.5. The Kier molecular flexibility index (Phi) is 5.97. The molecular weight excluding hydrogens is 404 g/mol. The first-order valence-electron chi connectivity index (χ1n) is 6.76. The van der Waals surface area contributed by atoms with E-state index in [0.29, 0.717) is 13.0 Å². The number of ether oxygens (including phenoxy) is 1. The van der Waals surface area contributed by atoms with Gasteiger partial charge < -0.3 is 9.84 Å². The number of carbonyl (C=O) groups excluding carboxylic acids is 2. The number of nitro benzene ring substituents is 1. The molecular formula is C14H13BrN2O6S. The van der Waals surface area contributed by atoms with Crippen molar-refractivity contribution in [2.45, 2.75) is 6.42 Å². The number of benzene rings is 1. The number of phenols is 1. The van der Waals surface area contributed by atoms with E-state index >= 15 is 0 Å². The number of methoxy groups -OCH3 is 1. The lowest BCUT2D eigenvalue weighted by Crippen LogP contribution is -2.29. The Morgan fingerprint density at radius 2 is 2.17 bits per heavy atom. The minimum Gasteiger partial charge on any atom is -0.506 e. The molecule has 0 aliphatic carbocycles. The molecule has 1 aliphatic heterocycles. The molecule has 0 spiro atoms. The Morgan fingerprint density at radius 1 is 1.46 bits per heavy atom. The largest absolute Gasteiger partial charge is 0.506 e. The van der Waals surface area contributed by atoms with Gasteiger partial charge in [-0.3, -0.25) is 24.6 Å². The maximum absolute atomic E-state index is 12.3. The highest BCUT2D eigenvalue weighted by atomic mass is 79.9. The standard InChI is InChI=1S/C14H13BrN2O6S/c1-23-4-2-3-16-13(19)11(24-14(16)20)6-8-5-9(17(21)22)7-10(15)12(8)18/h5-7,18H,2-4H2,1H3/b11-6+. The van der Waals surface area contributed by atoms with Crippen LogP contribution < -0.4 is 0 Å². The van der Waals surface area contributed by atoms with Crippen LogP contribution in [-0.2, 0) is 9.53 Å². The van der Waals surface area contributed by atoms with Gasteiger partial charge in [-0.05, 0) is 40.2 Å². The van der Waals surface area contributed by atoms with Gasteiger partial charge in [-0.2, -0.15) is 0 Å². The number of hydrogen-bond donors (Lipinski definition) is 1. The van der Waals surface area contributed by atoms with Crippen molar-refractivity contribution in [3.63, 3.8) is 0 Å². The van der Waals surface area contributed by atoms with Gasteiger partial charge in [-0.15, -0.1) is 0 Å². The molecule has 1 N–H and O–H groups in total. The topological polar surface area (TPSA) is 110 Å². The molecule has 2 amide bonds. The third-order valence-electron chi connectivity index (χ3n) is 3.18. The van der Waals surface area contributed by atoms with Crippen molar-refractivity contribution >= 4 is 50.6 Å². The van der Waals surface area contributed by atoms with Gasteiger partial charge in [0.05, 0.1) is 14.3 Å². The summed E-state index contributed by atoms with van der Waals surface area (Å²) in [5.41, 5.74) is -0.163. The minimum atomic E-state index is -0.613. The fourth-order valence-corrected chi connectivity index (χ4v) is 3.34. The van der Waals surface area contributed by atoms with Crippen molar-refractivity contribution < 1.29 is 24.4 Å². The van der Waals surface area contributed by atoms with Crippen LogP contribution in [0.3, 0.4) is 0 Å². The van der Waals surface area contributed by atoms with Crippen LogP contribution in [0.4, 0.5) is 10.5 Å². The molecule has 24 heavy (non-hydrogen) atoms. The first kappa shape index (κ1) is 18.4. The zero-order valence-corrected chi connectivity index (χ0v) is 14.9. The second kappa shape index (κ2) is 7.77. The van der Waals surface area contributed by atoms with Gasteiger partial charge in [-0.25, -0.2) is 0 Å². The van der Waals surface area contributed by atoms with Crippen molar-refractivity contribution in [3.8, 4) is 5.75 Å². The van der Waals surface area contributed by atoms with Crippen molar-refractivity contribution in [2.75, 3.05) is 20.3 Å². The number of amides is 2. The molecule has 0 bridgehead atoms. The lowest BCUT2D eigenvalue weighted by atomic mass is 10.1. The fraction of sp³-hybridized carbons (Fsp3) is 0.286. The van der Waals surface area contributed by atoms with Crippen molar-refractivity contribution in [1.29, 1.82) is 0 Å². The predicted molar refractivity (Wildman–Crippen MR) is 91.6 cm³/mol. The molecule has 10 heteroatoms. The van der Waals surface area contributed by atoms with Crippen LogP contribution >= 0.6 is 27.7 Å². The molecule has 1 aliphatic rings. The zero-order chi connectivity index (χ0) is 17.9. The number of nitrogens with zero attached hydrogens (tertiary/aromatic N) is 2. The summed E-state index contributed by atoms with van der Waals surface area (Å²) >= 11 is 3.75. The number of aromatic hydroxyl groups is 1. The van der Waals surface area contributed by atoms with E-state index in [1.807, 2.05) is 0 Å². The molecule has 0 saturated carbocycles. The third kappa shape index (κ3) is 3.94. The number of non-ortho nitro benzene ring substituents is 1. The highest BCUT2D eigenvalue weighted by Crippen LogP contribution is 2.37. The zero-order valence-electron chi connectivity index (χ0n) is 12.5. The molecule has 0 atom stereocenters. The van der Waals surface area contributed by atoms with Gasteiger partial charge in [0, 0.05) is 38.0 Å². The van der Waals surface area contributed by atoms with E-state index in [2.05, 4.69) is 15.9 Å². The predicted octanol–water partition coefficient (Wildman–Crippen LogP) is 3.14. The first-order valence-corrected chi connectivity index (χ1v) is 8.37. The van der Waals surface area contributed by atoms with Crippen molar-refractivity contribution in [3.05, 3.63) is 37.2 Å². The van der Waals surface area contributed by atoms with Crippen LogP contribution in [0.15, 0.2) is 21.5 Å². The maximum atomic E-state index is 12.3. The summed E-state index contributed by atoms with van der Waals surface area (Å²) in [4.78, 5) is 35.7. The number of hydrogen-bond acceptors (Lipinski definition) is 7. The second-order valence-corrected chi connectivity index (χ2v) is 6.65. The van der Waals surface area contributed by atoms with Gasteiger partial charge in [0.15, 0.2) is 0 Å². The highest BCUT2D eigenvalue weighted by Gasteiger charge is 2.34. The van der Waals surface area contributed by atoms with Crippen LogP contribution in [0.1, 0.15) is 12.0 Å².